The maximum absolute atomic E-state index is 13.2. The summed E-state index contributed by atoms with van der Waals surface area (Å²) in [5.41, 5.74) is 4.20. The Hall–Kier alpha value is -2.88. The number of rotatable bonds is 5. The zero-order valence-electron chi connectivity index (χ0n) is 17.2. The summed E-state index contributed by atoms with van der Waals surface area (Å²) < 4.78 is 4.81. The van der Waals surface area contributed by atoms with Crippen LogP contribution in [0.5, 0.6) is 0 Å². The lowest BCUT2D eigenvalue weighted by Gasteiger charge is -2.25. The van der Waals surface area contributed by atoms with Gasteiger partial charge in [0.2, 0.25) is 0 Å². The van der Waals surface area contributed by atoms with Gasteiger partial charge in [-0.3, -0.25) is 24.8 Å². The summed E-state index contributed by atoms with van der Waals surface area (Å²) >= 11 is 7.56. The second-order valence-electron chi connectivity index (χ2n) is 7.18. The number of thiazole rings is 1. The normalized spacial score (nSPS) is 13.3. The Balaban J connectivity index is 1.64. The number of anilines is 2. The first-order chi connectivity index (χ1) is 14.9. The molecule has 1 aliphatic rings. The molecular formula is C21H20ClN5O3S. The second-order valence-corrected chi connectivity index (χ2v) is 8.59. The molecule has 31 heavy (non-hydrogen) atoms. The minimum Gasteiger partial charge on any atom is -0.375 e. The lowest BCUT2D eigenvalue weighted by molar-refractivity contribution is -0.119. The average molecular weight is 458 g/mol. The van der Waals surface area contributed by atoms with Crippen LogP contribution in [0.2, 0.25) is 5.02 Å². The van der Waals surface area contributed by atoms with Crippen molar-refractivity contribution in [1.82, 2.24) is 15.0 Å². The molecule has 0 radical (unpaired) electrons. The van der Waals surface area contributed by atoms with Crippen LogP contribution in [0.3, 0.4) is 0 Å². The predicted molar refractivity (Wildman–Crippen MR) is 120 cm³/mol. The van der Waals surface area contributed by atoms with Gasteiger partial charge < -0.3 is 4.74 Å². The molecule has 3 aromatic heterocycles. The fraction of sp³-hybridized carbons (Fsp3) is 0.286. The number of halogens is 1. The number of hydrogen-bond donors (Lipinski definition) is 1. The second kappa shape index (κ2) is 8.70. The van der Waals surface area contributed by atoms with E-state index < -0.39 is 0 Å². The van der Waals surface area contributed by atoms with E-state index in [-0.39, 0.29) is 18.4 Å². The number of nitrogens with zero attached hydrogens (tertiary/aromatic N) is 4. The third-order valence-electron chi connectivity index (χ3n) is 4.82. The zero-order valence-corrected chi connectivity index (χ0v) is 18.8. The highest BCUT2D eigenvalue weighted by Gasteiger charge is 2.31. The Bertz CT molecular complexity index is 1180. The van der Waals surface area contributed by atoms with Crippen LogP contribution < -0.4 is 10.2 Å². The van der Waals surface area contributed by atoms with Gasteiger partial charge in [0.15, 0.2) is 5.13 Å². The molecule has 1 N–H and O–H groups in total. The monoisotopic (exact) mass is 457 g/mol. The number of methoxy groups -OCH3 is 1. The molecule has 1 aliphatic heterocycles. The summed E-state index contributed by atoms with van der Waals surface area (Å²) in [5.74, 6) is -0.0292. The molecule has 0 spiro atoms. The molecule has 0 saturated carbocycles. The zero-order chi connectivity index (χ0) is 22.1. The number of aromatic nitrogens is 3. The number of aryl methyl sites for hydroxylation is 2. The van der Waals surface area contributed by atoms with Gasteiger partial charge in [-0.05, 0) is 31.0 Å². The van der Waals surface area contributed by atoms with Crippen molar-refractivity contribution in [2.45, 2.75) is 20.3 Å². The van der Waals surface area contributed by atoms with Crippen molar-refractivity contribution in [3.05, 3.63) is 51.2 Å². The van der Waals surface area contributed by atoms with Crippen molar-refractivity contribution in [2.24, 2.45) is 0 Å². The number of carbonyl (C=O) groups excluding carboxylic acids is 2. The van der Waals surface area contributed by atoms with E-state index in [1.165, 1.54) is 7.11 Å². The van der Waals surface area contributed by atoms with Crippen molar-refractivity contribution in [2.75, 3.05) is 30.5 Å². The van der Waals surface area contributed by atoms with Gasteiger partial charge >= 0.3 is 0 Å². The number of fused-ring (bicyclic) bond motifs is 1. The van der Waals surface area contributed by atoms with Gasteiger partial charge in [0.05, 0.1) is 16.4 Å². The van der Waals surface area contributed by atoms with Gasteiger partial charge in [0, 0.05) is 38.0 Å². The lowest BCUT2D eigenvalue weighted by Crippen LogP contribution is -2.37. The van der Waals surface area contributed by atoms with Crippen molar-refractivity contribution in [1.29, 1.82) is 0 Å². The van der Waals surface area contributed by atoms with Gasteiger partial charge in [-0.15, -0.1) is 0 Å². The molecule has 160 valence electrons. The number of pyridine rings is 2. The number of ether oxygens (including phenoxy) is 1. The van der Waals surface area contributed by atoms with E-state index in [0.29, 0.717) is 39.5 Å². The molecule has 2 amide bonds. The standard InChI is InChI=1S/C21H20ClN5O3S/c1-11-6-12(2)18(24-8-11)13-7-16(23-9-14(13)22)27-5-4-15-19(20(27)29)31-21(25-15)26-17(28)10-30-3/h6-9H,4-5,10H2,1-3H3,(H,25,26,28). The highest BCUT2D eigenvalue weighted by molar-refractivity contribution is 7.18. The van der Waals surface area contributed by atoms with Gasteiger partial charge in [-0.1, -0.05) is 29.0 Å². The summed E-state index contributed by atoms with van der Waals surface area (Å²) in [4.78, 5) is 40.3. The van der Waals surface area contributed by atoms with E-state index in [0.717, 1.165) is 33.7 Å². The van der Waals surface area contributed by atoms with Crippen LogP contribution in [0, 0.1) is 13.8 Å². The summed E-state index contributed by atoms with van der Waals surface area (Å²) in [6.07, 6.45) is 3.88. The topological polar surface area (TPSA) is 97.3 Å². The average Bonchev–Trinajstić information content (AvgIpc) is 3.13. The Kier molecular flexibility index (Phi) is 5.99. The summed E-state index contributed by atoms with van der Waals surface area (Å²) in [6.45, 7) is 4.30. The molecule has 0 bridgehead atoms. The van der Waals surface area contributed by atoms with Crippen LogP contribution in [-0.4, -0.2) is 47.0 Å². The van der Waals surface area contributed by atoms with Gasteiger partial charge in [0.1, 0.15) is 17.3 Å². The third kappa shape index (κ3) is 4.30. The Morgan fingerprint density at radius 2 is 2.10 bits per heavy atom. The largest absolute Gasteiger partial charge is 0.375 e. The summed E-state index contributed by atoms with van der Waals surface area (Å²) in [6, 6.07) is 3.83. The molecule has 3 aromatic rings. The molecule has 0 unspecified atom stereocenters. The third-order valence-corrected chi connectivity index (χ3v) is 6.12. The molecule has 0 atom stereocenters. The Morgan fingerprint density at radius 1 is 1.29 bits per heavy atom. The lowest BCUT2D eigenvalue weighted by atomic mass is 10.1. The van der Waals surface area contributed by atoms with Crippen molar-refractivity contribution < 1.29 is 14.3 Å². The van der Waals surface area contributed by atoms with Crippen molar-refractivity contribution in [3.8, 4) is 11.3 Å². The van der Waals surface area contributed by atoms with Gasteiger partial charge in [-0.25, -0.2) is 9.97 Å². The predicted octanol–water partition coefficient (Wildman–Crippen LogP) is 3.66. The summed E-state index contributed by atoms with van der Waals surface area (Å²) in [7, 11) is 1.44. The minimum absolute atomic E-state index is 0.0751. The minimum atomic E-state index is -0.317. The molecule has 4 heterocycles. The first-order valence-electron chi connectivity index (χ1n) is 9.57. The Labute approximate surface area is 188 Å². The molecule has 0 fully saturated rings. The molecule has 0 saturated heterocycles. The number of amides is 2. The fourth-order valence-corrected chi connectivity index (χ4v) is 4.61. The van der Waals surface area contributed by atoms with E-state index in [4.69, 9.17) is 16.3 Å². The van der Waals surface area contributed by atoms with Crippen molar-refractivity contribution in [3.63, 3.8) is 0 Å². The van der Waals surface area contributed by atoms with Crippen LogP contribution in [0.15, 0.2) is 24.5 Å². The molecule has 0 aliphatic carbocycles. The smallest absolute Gasteiger partial charge is 0.271 e. The quantitative estimate of drug-likeness (QED) is 0.628. The van der Waals surface area contributed by atoms with E-state index in [1.807, 2.05) is 19.9 Å². The van der Waals surface area contributed by atoms with Gasteiger partial charge in [-0.2, -0.15) is 0 Å². The van der Waals surface area contributed by atoms with Crippen LogP contribution in [0.1, 0.15) is 26.5 Å². The molecule has 4 rings (SSSR count). The molecule has 0 aromatic carbocycles. The fourth-order valence-electron chi connectivity index (χ4n) is 3.44. The van der Waals surface area contributed by atoms with E-state index in [9.17, 15) is 9.59 Å². The first-order valence-corrected chi connectivity index (χ1v) is 10.8. The van der Waals surface area contributed by atoms with Crippen molar-refractivity contribution >= 4 is 45.7 Å². The van der Waals surface area contributed by atoms with Crippen LogP contribution in [-0.2, 0) is 16.0 Å². The molecule has 10 heteroatoms. The molecular weight excluding hydrogens is 438 g/mol. The maximum atomic E-state index is 13.2. The number of hydrogen-bond acceptors (Lipinski definition) is 7. The van der Waals surface area contributed by atoms with Crippen LogP contribution in [0.25, 0.3) is 11.3 Å². The van der Waals surface area contributed by atoms with E-state index in [2.05, 4.69) is 20.3 Å². The highest BCUT2D eigenvalue weighted by atomic mass is 35.5. The maximum Gasteiger partial charge on any atom is 0.271 e. The Morgan fingerprint density at radius 3 is 2.84 bits per heavy atom. The highest BCUT2D eigenvalue weighted by Crippen LogP contribution is 2.34. The molecule has 8 nitrogen and oxygen atoms in total. The number of carbonyl (C=O) groups is 2. The summed E-state index contributed by atoms with van der Waals surface area (Å²) in [5, 5.41) is 3.50. The van der Waals surface area contributed by atoms with Gasteiger partial charge in [0.25, 0.3) is 11.8 Å². The number of nitrogens with one attached hydrogen (secondary N) is 1. The van der Waals surface area contributed by atoms with E-state index in [1.54, 1.807) is 23.4 Å². The SMILES string of the molecule is COCC(=O)Nc1nc2c(s1)C(=O)N(c1cc(-c3ncc(C)cc3C)c(Cl)cn1)CC2. The van der Waals surface area contributed by atoms with E-state index >= 15 is 0 Å². The van der Waals surface area contributed by atoms with Crippen LogP contribution in [0.4, 0.5) is 10.9 Å². The van der Waals surface area contributed by atoms with Crippen LogP contribution >= 0.6 is 22.9 Å². The first kappa shape index (κ1) is 21.4.